The second kappa shape index (κ2) is 3.03. The van der Waals surface area contributed by atoms with Crippen molar-refractivity contribution in [3.05, 3.63) is 0 Å². The summed E-state index contributed by atoms with van der Waals surface area (Å²) >= 11 is 0. The van der Waals surface area contributed by atoms with Gasteiger partial charge in [0.2, 0.25) is 0 Å². The van der Waals surface area contributed by atoms with Gasteiger partial charge in [0.15, 0.2) is 0 Å². The molecule has 13 rings (SSSR count). The topological polar surface area (TPSA) is 106 Å². The van der Waals surface area contributed by atoms with Crippen LogP contribution in [0.2, 0.25) is 0 Å². The fourth-order valence-corrected chi connectivity index (χ4v) is 17.2. The highest BCUT2D eigenvalue weighted by Crippen LogP contribution is 3.12. The Bertz CT molecular complexity index is 1140. The molecule has 1 aliphatic heterocycles. The Kier molecular flexibility index (Phi) is 1.45. The van der Waals surface area contributed by atoms with E-state index in [1.165, 1.54) is 14.2 Å². The van der Waals surface area contributed by atoms with Crippen LogP contribution in [0.15, 0.2) is 0 Å². The molecule has 0 aromatic rings. The quantitative estimate of drug-likeness (QED) is 0.437. The van der Waals surface area contributed by atoms with Crippen LogP contribution in [-0.4, -0.2) is 58.8 Å². The Hall–Kier alpha value is -1.18. The van der Waals surface area contributed by atoms with Gasteiger partial charge in [-0.25, -0.2) is 0 Å². The minimum atomic E-state index is -1.05. The molecule has 1 saturated heterocycles. The van der Waals surface area contributed by atoms with Crippen molar-refractivity contribution in [3.63, 3.8) is 0 Å². The maximum absolute atomic E-state index is 13.8. The van der Waals surface area contributed by atoms with Crippen LogP contribution in [0.25, 0.3) is 0 Å². The summed E-state index contributed by atoms with van der Waals surface area (Å²) in [6, 6.07) is 0. The molecule has 16 atom stereocenters. The summed E-state index contributed by atoms with van der Waals surface area (Å²) in [6.45, 7) is 0. The zero-order valence-corrected chi connectivity index (χ0v) is 17.0. The molecule has 7 nitrogen and oxygen atoms in total. The number of rotatable bonds is 2. The second-order valence-electron chi connectivity index (χ2n) is 13.5. The number of epoxide rings is 1. The highest BCUT2D eigenvalue weighted by Gasteiger charge is 3.21. The molecule has 0 amide bonds. The number of methoxy groups -OCH3 is 2. The number of carbonyl (C=O) groups excluding carboxylic acids is 2. The van der Waals surface area contributed by atoms with Crippen LogP contribution in [-0.2, 0) is 23.8 Å². The third-order valence-electron chi connectivity index (χ3n) is 15.3. The Balaban J connectivity index is 1.35. The van der Waals surface area contributed by atoms with E-state index in [1.54, 1.807) is 0 Å². The minimum absolute atomic E-state index is 0.0564. The summed E-state index contributed by atoms with van der Waals surface area (Å²) in [4.78, 5) is 27.6. The van der Waals surface area contributed by atoms with Gasteiger partial charge in [0.1, 0.15) is 22.0 Å². The summed E-state index contributed by atoms with van der Waals surface area (Å²) in [5.41, 5.74) is -4.89. The van der Waals surface area contributed by atoms with E-state index >= 15 is 0 Å². The maximum Gasteiger partial charge on any atom is 0.315 e. The SMILES string of the molecule is COC(=O)C12C3C4C5C6C7C8C(C1(O)C74)C14OC17C8C6(O)C1(C(=O)OC)C5C3C(C42)C71. The molecule has 7 heteroatoms. The van der Waals surface area contributed by atoms with E-state index in [4.69, 9.17) is 14.2 Å². The van der Waals surface area contributed by atoms with Crippen LogP contribution >= 0.6 is 0 Å². The molecule has 12 saturated carbocycles. The van der Waals surface area contributed by atoms with Crippen LogP contribution < -0.4 is 0 Å². The average Bonchev–Trinajstić information content (AvgIpc) is 3.46. The first kappa shape index (κ1) is 14.9. The average molecular weight is 422 g/mol. The summed E-state index contributed by atoms with van der Waals surface area (Å²) in [7, 11) is 2.95. The van der Waals surface area contributed by atoms with E-state index in [0.717, 1.165) is 0 Å². The van der Waals surface area contributed by atoms with Gasteiger partial charge in [-0.2, -0.15) is 0 Å². The largest absolute Gasteiger partial charge is 0.468 e. The summed E-state index contributed by atoms with van der Waals surface area (Å²) < 4.78 is 17.9. The first-order chi connectivity index (χ1) is 14.9. The molecule has 2 spiro atoms. The fraction of sp³-hybridized carbons (Fsp3) is 0.917. The Labute approximate surface area is 176 Å². The zero-order chi connectivity index (χ0) is 20.4. The Morgan fingerprint density at radius 3 is 1.48 bits per heavy atom. The second-order valence-corrected chi connectivity index (χ2v) is 13.5. The van der Waals surface area contributed by atoms with Gasteiger partial charge >= 0.3 is 11.9 Å². The molecular formula is C24H22O7. The van der Waals surface area contributed by atoms with E-state index in [9.17, 15) is 19.8 Å². The predicted octanol–water partition coefficient (Wildman–Crippen LogP) is -0.948. The van der Waals surface area contributed by atoms with Gasteiger partial charge < -0.3 is 24.4 Å². The van der Waals surface area contributed by atoms with E-state index < -0.39 is 33.2 Å². The van der Waals surface area contributed by atoms with E-state index in [1.807, 2.05) is 0 Å². The van der Waals surface area contributed by atoms with Crippen LogP contribution in [0.1, 0.15) is 0 Å². The molecular weight excluding hydrogens is 400 g/mol. The van der Waals surface area contributed by atoms with Gasteiger partial charge in [0.25, 0.3) is 0 Å². The molecule has 0 aromatic heterocycles. The number of carbonyl (C=O) groups is 2. The normalized spacial score (nSPS) is 88.9. The Morgan fingerprint density at radius 1 is 0.645 bits per heavy atom. The third-order valence-corrected chi connectivity index (χ3v) is 15.3. The lowest BCUT2D eigenvalue weighted by atomic mass is 9.60. The van der Waals surface area contributed by atoms with E-state index in [0.29, 0.717) is 0 Å². The van der Waals surface area contributed by atoms with Gasteiger partial charge in [-0.15, -0.1) is 0 Å². The minimum Gasteiger partial charge on any atom is -0.468 e. The van der Waals surface area contributed by atoms with Crippen LogP contribution in [0.4, 0.5) is 0 Å². The van der Waals surface area contributed by atoms with E-state index in [2.05, 4.69) is 0 Å². The summed E-state index contributed by atoms with van der Waals surface area (Å²) in [5.74, 6) is 0.793. The monoisotopic (exact) mass is 422 g/mol. The van der Waals surface area contributed by atoms with E-state index in [-0.39, 0.29) is 94.8 Å². The van der Waals surface area contributed by atoms with Gasteiger partial charge in [-0.1, -0.05) is 0 Å². The van der Waals surface area contributed by atoms with Crippen molar-refractivity contribution in [3.8, 4) is 0 Å². The predicted molar refractivity (Wildman–Crippen MR) is 94.2 cm³/mol. The Morgan fingerprint density at radius 2 is 1.03 bits per heavy atom. The molecule has 31 heavy (non-hydrogen) atoms. The highest BCUT2D eigenvalue weighted by molar-refractivity contribution is 5.91. The first-order valence-corrected chi connectivity index (χ1v) is 12.2. The lowest BCUT2D eigenvalue weighted by Crippen LogP contribution is -2.60. The van der Waals surface area contributed by atoms with Gasteiger partial charge in [0.05, 0.1) is 25.4 Å². The molecule has 13 aliphatic rings. The third kappa shape index (κ3) is 0.656. The van der Waals surface area contributed by atoms with Crippen LogP contribution in [0.5, 0.6) is 0 Å². The number of esters is 2. The molecule has 12 aliphatic carbocycles. The van der Waals surface area contributed by atoms with Gasteiger partial charge in [0, 0.05) is 23.7 Å². The standard InChI is InChI=1S/C24H22O7/c1-29-17(25)19-9-3-4-10-5(9)7-13(19)23-15-8-6(11(3)21(15,19)27)12(4)22(28)16(8)24(23,31-23)14(7)20(10,22)18(26)30-2/h3-16,27-28H,1-2H3. The number of ether oxygens (including phenoxy) is 3. The molecule has 0 aromatic carbocycles. The summed E-state index contributed by atoms with van der Waals surface area (Å²) in [5, 5.41) is 25.6. The number of aliphatic hydroxyl groups is 2. The van der Waals surface area contributed by atoms with Crippen molar-refractivity contribution < 1.29 is 34.0 Å². The van der Waals surface area contributed by atoms with Gasteiger partial charge in [-0.05, 0) is 59.2 Å². The molecule has 0 bridgehead atoms. The number of hydrogen-bond acceptors (Lipinski definition) is 7. The lowest BCUT2D eigenvalue weighted by Gasteiger charge is -2.46. The van der Waals surface area contributed by atoms with Gasteiger partial charge in [-0.3, -0.25) is 9.59 Å². The van der Waals surface area contributed by atoms with Crippen molar-refractivity contribution in [2.24, 2.45) is 93.7 Å². The van der Waals surface area contributed by atoms with Crippen molar-refractivity contribution in [1.29, 1.82) is 0 Å². The lowest BCUT2D eigenvalue weighted by molar-refractivity contribution is -0.192. The zero-order valence-electron chi connectivity index (χ0n) is 17.0. The first-order valence-electron chi connectivity index (χ1n) is 12.2. The molecule has 16 unspecified atom stereocenters. The van der Waals surface area contributed by atoms with Crippen molar-refractivity contribution in [1.82, 2.24) is 0 Å². The van der Waals surface area contributed by atoms with Crippen molar-refractivity contribution in [2.45, 2.75) is 22.4 Å². The molecule has 2 N–H and O–H groups in total. The molecule has 1 heterocycles. The molecule has 160 valence electrons. The molecule has 13 fully saturated rings. The smallest absolute Gasteiger partial charge is 0.315 e. The van der Waals surface area contributed by atoms with Crippen molar-refractivity contribution >= 4 is 11.9 Å². The highest BCUT2D eigenvalue weighted by atomic mass is 16.6. The maximum atomic E-state index is 13.8. The van der Waals surface area contributed by atoms with Crippen molar-refractivity contribution in [2.75, 3.05) is 14.2 Å². The number of hydrogen-bond donors (Lipinski definition) is 2. The van der Waals surface area contributed by atoms with Crippen LogP contribution in [0, 0.1) is 93.7 Å². The summed E-state index contributed by atoms with van der Waals surface area (Å²) in [6.07, 6.45) is 0. The fourth-order valence-electron chi connectivity index (χ4n) is 17.2. The van der Waals surface area contributed by atoms with Crippen LogP contribution in [0.3, 0.4) is 0 Å². The molecule has 0 radical (unpaired) electrons.